The SMILES string of the molecule is Nc1nc(-c2c[nH]c3ncc(Cl)nc23)nc(-c2ccccc2)c1F. The molecule has 3 aromatic heterocycles. The molecule has 1 aromatic carbocycles. The molecule has 0 radical (unpaired) electrons. The van der Waals surface area contributed by atoms with Crippen LogP contribution in [0.4, 0.5) is 10.2 Å². The second-order valence-corrected chi connectivity index (χ2v) is 5.44. The lowest BCUT2D eigenvalue weighted by Crippen LogP contribution is -2.03. The molecule has 0 saturated carbocycles. The highest BCUT2D eigenvalue weighted by atomic mass is 35.5. The summed E-state index contributed by atoms with van der Waals surface area (Å²) in [6.45, 7) is 0. The molecule has 0 aliphatic carbocycles. The highest BCUT2D eigenvalue weighted by Crippen LogP contribution is 2.29. The van der Waals surface area contributed by atoms with Crippen molar-refractivity contribution in [2.75, 3.05) is 5.73 Å². The average molecular weight is 341 g/mol. The number of benzene rings is 1. The summed E-state index contributed by atoms with van der Waals surface area (Å²) < 4.78 is 14.4. The summed E-state index contributed by atoms with van der Waals surface area (Å²) in [5, 5.41) is 0.238. The molecular weight excluding hydrogens is 331 g/mol. The van der Waals surface area contributed by atoms with Gasteiger partial charge in [-0.1, -0.05) is 41.9 Å². The Hall–Kier alpha value is -3.06. The second kappa shape index (κ2) is 5.54. The predicted molar refractivity (Wildman–Crippen MR) is 89.7 cm³/mol. The van der Waals surface area contributed by atoms with Crippen LogP contribution < -0.4 is 5.73 Å². The Labute approximate surface area is 140 Å². The minimum absolute atomic E-state index is 0.127. The van der Waals surface area contributed by atoms with E-state index in [0.717, 1.165) is 0 Å². The molecule has 118 valence electrons. The van der Waals surface area contributed by atoms with Gasteiger partial charge in [0.15, 0.2) is 23.1 Å². The van der Waals surface area contributed by atoms with E-state index in [2.05, 4.69) is 24.9 Å². The van der Waals surface area contributed by atoms with Crippen LogP contribution in [0.3, 0.4) is 0 Å². The second-order valence-electron chi connectivity index (χ2n) is 5.05. The smallest absolute Gasteiger partial charge is 0.191 e. The van der Waals surface area contributed by atoms with Crippen molar-refractivity contribution in [3.8, 4) is 22.6 Å². The summed E-state index contributed by atoms with van der Waals surface area (Å²) in [5.41, 5.74) is 8.04. The lowest BCUT2D eigenvalue weighted by Gasteiger charge is -2.07. The summed E-state index contributed by atoms with van der Waals surface area (Å²) in [7, 11) is 0. The number of halogens is 2. The van der Waals surface area contributed by atoms with Gasteiger partial charge in [0.05, 0.1) is 11.8 Å². The van der Waals surface area contributed by atoms with Gasteiger partial charge in [-0.05, 0) is 0 Å². The average Bonchev–Trinajstić information content (AvgIpc) is 3.01. The van der Waals surface area contributed by atoms with Gasteiger partial charge < -0.3 is 10.7 Å². The molecule has 4 rings (SSSR count). The van der Waals surface area contributed by atoms with Gasteiger partial charge >= 0.3 is 0 Å². The minimum atomic E-state index is -0.658. The largest absolute Gasteiger partial charge is 0.381 e. The Morgan fingerprint density at radius 2 is 1.88 bits per heavy atom. The number of nitrogens with one attached hydrogen (secondary N) is 1. The van der Waals surface area contributed by atoms with E-state index in [0.29, 0.717) is 22.3 Å². The van der Waals surface area contributed by atoms with E-state index in [1.807, 2.05) is 6.07 Å². The molecule has 0 unspecified atom stereocenters. The maximum Gasteiger partial charge on any atom is 0.191 e. The van der Waals surface area contributed by atoms with E-state index in [1.54, 1.807) is 30.5 Å². The van der Waals surface area contributed by atoms with Crippen LogP contribution in [0.1, 0.15) is 0 Å². The van der Waals surface area contributed by atoms with Crippen LogP contribution in [0.2, 0.25) is 5.15 Å². The first-order valence-corrected chi connectivity index (χ1v) is 7.39. The highest BCUT2D eigenvalue weighted by Gasteiger charge is 2.18. The number of nitrogens with zero attached hydrogens (tertiary/aromatic N) is 4. The van der Waals surface area contributed by atoms with Gasteiger partial charge in [-0.3, -0.25) is 0 Å². The predicted octanol–water partition coefficient (Wildman–Crippen LogP) is 3.46. The van der Waals surface area contributed by atoms with E-state index < -0.39 is 5.82 Å². The number of hydrogen-bond donors (Lipinski definition) is 2. The number of anilines is 1. The fourth-order valence-electron chi connectivity index (χ4n) is 2.41. The van der Waals surface area contributed by atoms with Crippen molar-refractivity contribution < 1.29 is 4.39 Å². The Kier molecular flexibility index (Phi) is 3.35. The molecule has 0 saturated heterocycles. The number of hydrogen-bond acceptors (Lipinski definition) is 5. The summed E-state index contributed by atoms with van der Waals surface area (Å²) in [6.07, 6.45) is 3.07. The van der Waals surface area contributed by atoms with Gasteiger partial charge in [-0.15, -0.1) is 0 Å². The van der Waals surface area contributed by atoms with Crippen LogP contribution in [-0.2, 0) is 0 Å². The lowest BCUT2D eigenvalue weighted by molar-refractivity contribution is 0.625. The zero-order valence-corrected chi connectivity index (χ0v) is 12.9. The Balaban J connectivity index is 1.96. The molecule has 8 heteroatoms. The molecule has 6 nitrogen and oxygen atoms in total. The molecule has 24 heavy (non-hydrogen) atoms. The van der Waals surface area contributed by atoms with Crippen molar-refractivity contribution in [3.63, 3.8) is 0 Å². The van der Waals surface area contributed by atoms with Gasteiger partial charge in [0.2, 0.25) is 0 Å². The molecule has 0 bridgehead atoms. The van der Waals surface area contributed by atoms with E-state index in [9.17, 15) is 4.39 Å². The third-order valence-corrected chi connectivity index (χ3v) is 3.70. The first-order chi connectivity index (χ1) is 11.6. The highest BCUT2D eigenvalue weighted by molar-refractivity contribution is 6.29. The number of nitrogens with two attached hydrogens (primary N) is 1. The first kappa shape index (κ1) is 14.5. The molecular formula is C16H10ClFN6. The Morgan fingerprint density at radius 1 is 1.08 bits per heavy atom. The fourth-order valence-corrected chi connectivity index (χ4v) is 2.55. The lowest BCUT2D eigenvalue weighted by atomic mass is 10.1. The van der Waals surface area contributed by atoms with Crippen molar-refractivity contribution in [2.45, 2.75) is 0 Å². The fraction of sp³-hybridized carbons (Fsp3) is 0. The summed E-state index contributed by atoms with van der Waals surface area (Å²) in [5.74, 6) is -0.646. The molecule has 0 aliphatic rings. The zero-order chi connectivity index (χ0) is 16.7. The number of rotatable bonds is 2. The van der Waals surface area contributed by atoms with Crippen molar-refractivity contribution in [1.29, 1.82) is 0 Å². The van der Waals surface area contributed by atoms with E-state index in [-0.39, 0.29) is 22.5 Å². The summed E-state index contributed by atoms with van der Waals surface area (Å²) in [6, 6.07) is 8.93. The van der Waals surface area contributed by atoms with Crippen molar-refractivity contribution >= 4 is 28.6 Å². The third kappa shape index (κ3) is 2.35. The molecule has 3 heterocycles. The summed E-state index contributed by atoms with van der Waals surface area (Å²) in [4.78, 5) is 19.7. The molecule has 0 fully saturated rings. The molecule has 3 N–H and O–H groups in total. The zero-order valence-electron chi connectivity index (χ0n) is 12.2. The van der Waals surface area contributed by atoms with Crippen molar-refractivity contribution in [1.82, 2.24) is 24.9 Å². The minimum Gasteiger partial charge on any atom is -0.381 e. The number of H-pyrrole nitrogens is 1. The van der Waals surface area contributed by atoms with Crippen molar-refractivity contribution in [2.24, 2.45) is 0 Å². The first-order valence-electron chi connectivity index (χ1n) is 7.02. The van der Waals surface area contributed by atoms with E-state index in [4.69, 9.17) is 17.3 Å². The van der Waals surface area contributed by atoms with E-state index >= 15 is 0 Å². The standard InChI is InChI=1S/C16H10ClFN6/c17-10-7-21-16-13(22-10)9(6-20-16)15-23-12(11(18)14(19)24-15)8-4-2-1-3-5-8/h1-7H,(H,20,21)(H2,19,23,24). The number of aromatic nitrogens is 5. The summed E-state index contributed by atoms with van der Waals surface area (Å²) >= 11 is 5.91. The molecule has 0 spiro atoms. The van der Waals surface area contributed by atoms with E-state index in [1.165, 1.54) is 6.20 Å². The van der Waals surface area contributed by atoms with Gasteiger partial charge in [0.25, 0.3) is 0 Å². The number of fused-ring (bicyclic) bond motifs is 1. The van der Waals surface area contributed by atoms with Gasteiger partial charge in [0, 0.05) is 11.8 Å². The third-order valence-electron chi connectivity index (χ3n) is 3.52. The van der Waals surface area contributed by atoms with Crippen molar-refractivity contribution in [3.05, 3.63) is 53.7 Å². The molecule has 0 aliphatic heterocycles. The van der Waals surface area contributed by atoms with Crippen LogP contribution in [0.5, 0.6) is 0 Å². The molecule has 0 amide bonds. The van der Waals surface area contributed by atoms with Crippen LogP contribution >= 0.6 is 11.6 Å². The maximum absolute atomic E-state index is 14.4. The normalized spacial score (nSPS) is 11.1. The van der Waals surface area contributed by atoms with Crippen LogP contribution in [0, 0.1) is 5.82 Å². The van der Waals surface area contributed by atoms with Crippen LogP contribution in [0.25, 0.3) is 33.8 Å². The van der Waals surface area contributed by atoms with Gasteiger partial charge in [-0.25, -0.2) is 24.3 Å². The quantitative estimate of drug-likeness (QED) is 0.583. The molecule has 4 aromatic rings. The van der Waals surface area contributed by atoms with Crippen LogP contribution in [-0.4, -0.2) is 24.9 Å². The maximum atomic E-state index is 14.4. The number of aromatic amines is 1. The Morgan fingerprint density at radius 3 is 2.67 bits per heavy atom. The van der Waals surface area contributed by atoms with Gasteiger partial charge in [-0.2, -0.15) is 0 Å². The monoisotopic (exact) mass is 340 g/mol. The van der Waals surface area contributed by atoms with Gasteiger partial charge in [0.1, 0.15) is 16.4 Å². The topological polar surface area (TPSA) is 93.4 Å². The molecule has 0 atom stereocenters. The Bertz CT molecular complexity index is 1050. The number of nitrogen functional groups attached to an aromatic ring is 1. The van der Waals surface area contributed by atoms with Crippen LogP contribution in [0.15, 0.2) is 42.7 Å².